The van der Waals surface area contributed by atoms with E-state index in [2.05, 4.69) is 0 Å². The number of aliphatic hydroxyl groups is 2. The van der Waals surface area contributed by atoms with E-state index in [1.54, 1.807) is 11.0 Å². The van der Waals surface area contributed by atoms with Crippen LogP contribution >= 0.6 is 23.2 Å². The van der Waals surface area contributed by atoms with Gasteiger partial charge in [-0.2, -0.15) is 0 Å². The number of halogens is 2. The van der Waals surface area contributed by atoms with Crippen LogP contribution in [0.1, 0.15) is 24.4 Å². The zero-order valence-electron chi connectivity index (χ0n) is 12.9. The third-order valence-corrected chi connectivity index (χ3v) is 5.95. The number of benzene rings is 1. The fourth-order valence-electron chi connectivity index (χ4n) is 4.02. The maximum absolute atomic E-state index is 12.1. The van der Waals surface area contributed by atoms with Crippen LogP contribution in [0.4, 0.5) is 0 Å². The van der Waals surface area contributed by atoms with Gasteiger partial charge in [0.05, 0.1) is 16.7 Å². The van der Waals surface area contributed by atoms with Gasteiger partial charge in [0, 0.05) is 30.3 Å². The number of phenolic OH excluding ortho intramolecular Hbond substituents is 1. The maximum atomic E-state index is 12.1. The highest BCUT2D eigenvalue weighted by Crippen LogP contribution is 2.48. The molecule has 5 unspecified atom stereocenters. The Morgan fingerprint density at radius 1 is 1.33 bits per heavy atom. The molecule has 2 bridgehead atoms. The van der Waals surface area contributed by atoms with E-state index in [1.165, 1.54) is 6.07 Å². The minimum Gasteiger partial charge on any atom is -0.508 e. The Morgan fingerprint density at radius 3 is 2.58 bits per heavy atom. The van der Waals surface area contributed by atoms with Gasteiger partial charge in [-0.3, -0.25) is 4.79 Å². The Bertz CT molecular complexity index is 657. The highest BCUT2D eigenvalue weighted by atomic mass is 35.5. The van der Waals surface area contributed by atoms with Crippen LogP contribution in [0.25, 0.3) is 0 Å². The molecule has 2 fully saturated rings. The van der Waals surface area contributed by atoms with Gasteiger partial charge in [-0.05, 0) is 30.7 Å². The average Bonchev–Trinajstić information content (AvgIpc) is 3.16. The molecule has 3 rings (SSSR count). The Morgan fingerprint density at radius 2 is 2.00 bits per heavy atom. The first-order valence-corrected chi connectivity index (χ1v) is 8.62. The summed E-state index contributed by atoms with van der Waals surface area (Å²) in [5, 5.41) is 29.2. The molecule has 2 aliphatic rings. The number of nitrogens with two attached hydrogens (primary N) is 1. The van der Waals surface area contributed by atoms with E-state index in [9.17, 15) is 15.0 Å². The van der Waals surface area contributed by atoms with E-state index in [4.69, 9.17) is 34.0 Å². The standard InChI is InChI=1S/C16H20Cl2N2O4/c17-11-3-10(13(22)4-12(11)18)15(19)9-2-8-1-7(9)5-20(8)16(24)14(23)6-21/h3-4,7-9,14-15,21-23H,1-2,5-6,19H2. The largest absolute Gasteiger partial charge is 0.508 e. The first-order chi connectivity index (χ1) is 11.3. The number of carbonyl (C=O) groups excluding carboxylic acids is 1. The lowest BCUT2D eigenvalue weighted by molar-refractivity contribution is -0.144. The zero-order valence-corrected chi connectivity index (χ0v) is 14.4. The molecular formula is C16H20Cl2N2O4. The van der Waals surface area contributed by atoms with Crippen molar-refractivity contribution < 1.29 is 20.1 Å². The zero-order chi connectivity index (χ0) is 17.6. The number of likely N-dealkylation sites (tertiary alicyclic amines) is 1. The van der Waals surface area contributed by atoms with E-state index in [0.717, 1.165) is 6.42 Å². The van der Waals surface area contributed by atoms with Gasteiger partial charge in [-0.15, -0.1) is 0 Å². The Kier molecular flexibility index (Phi) is 4.95. The monoisotopic (exact) mass is 374 g/mol. The fraction of sp³-hybridized carbons (Fsp3) is 0.562. The molecule has 1 heterocycles. The number of nitrogens with zero attached hydrogens (tertiary/aromatic N) is 1. The van der Waals surface area contributed by atoms with Crippen molar-refractivity contribution in [2.45, 2.75) is 31.0 Å². The van der Waals surface area contributed by atoms with Crippen LogP contribution in [0.5, 0.6) is 5.75 Å². The van der Waals surface area contributed by atoms with Crippen LogP contribution < -0.4 is 5.73 Å². The van der Waals surface area contributed by atoms with Crippen molar-refractivity contribution in [3.05, 3.63) is 27.7 Å². The van der Waals surface area contributed by atoms with E-state index in [1.807, 2.05) is 0 Å². The lowest BCUT2D eigenvalue weighted by Gasteiger charge is -2.35. The minimum atomic E-state index is -1.37. The molecule has 132 valence electrons. The number of carbonyl (C=O) groups is 1. The molecule has 1 aliphatic carbocycles. The maximum Gasteiger partial charge on any atom is 0.254 e. The van der Waals surface area contributed by atoms with E-state index in [0.29, 0.717) is 23.6 Å². The van der Waals surface area contributed by atoms with Gasteiger partial charge in [-0.25, -0.2) is 0 Å². The third-order valence-electron chi connectivity index (χ3n) is 5.23. The molecule has 5 N–H and O–H groups in total. The third kappa shape index (κ3) is 2.97. The molecular weight excluding hydrogens is 355 g/mol. The first-order valence-electron chi connectivity index (χ1n) is 7.86. The normalized spacial score (nSPS) is 28.2. The van der Waals surface area contributed by atoms with Crippen LogP contribution in [0, 0.1) is 11.8 Å². The summed E-state index contributed by atoms with van der Waals surface area (Å²) in [6.45, 7) is -0.0756. The van der Waals surface area contributed by atoms with Crippen LogP contribution in [-0.2, 0) is 4.79 Å². The summed E-state index contributed by atoms with van der Waals surface area (Å²) < 4.78 is 0. The van der Waals surface area contributed by atoms with Crippen molar-refractivity contribution in [1.82, 2.24) is 4.90 Å². The molecule has 0 aromatic heterocycles. The Labute approximate surface area is 149 Å². The molecule has 1 aromatic rings. The highest BCUT2D eigenvalue weighted by molar-refractivity contribution is 6.42. The number of piperidine rings is 1. The predicted molar refractivity (Wildman–Crippen MR) is 89.9 cm³/mol. The van der Waals surface area contributed by atoms with Gasteiger partial charge in [-0.1, -0.05) is 23.2 Å². The van der Waals surface area contributed by atoms with Crippen molar-refractivity contribution in [3.63, 3.8) is 0 Å². The number of hydrogen-bond acceptors (Lipinski definition) is 5. The van der Waals surface area contributed by atoms with E-state index < -0.39 is 24.7 Å². The molecule has 1 amide bonds. The number of phenols is 1. The molecule has 24 heavy (non-hydrogen) atoms. The molecule has 1 saturated heterocycles. The minimum absolute atomic E-state index is 0.00432. The smallest absolute Gasteiger partial charge is 0.254 e. The number of amides is 1. The van der Waals surface area contributed by atoms with E-state index >= 15 is 0 Å². The average molecular weight is 375 g/mol. The molecule has 5 atom stereocenters. The summed E-state index contributed by atoms with van der Waals surface area (Å²) in [7, 11) is 0. The highest BCUT2D eigenvalue weighted by Gasteiger charge is 2.49. The molecule has 1 saturated carbocycles. The Hall–Kier alpha value is -1.05. The quantitative estimate of drug-likeness (QED) is 0.635. The lowest BCUT2D eigenvalue weighted by atomic mass is 9.84. The summed E-state index contributed by atoms with van der Waals surface area (Å²) in [4.78, 5) is 13.7. The summed E-state index contributed by atoms with van der Waals surface area (Å²) in [5.74, 6) is -0.125. The van der Waals surface area contributed by atoms with Crippen molar-refractivity contribution in [2.24, 2.45) is 17.6 Å². The van der Waals surface area contributed by atoms with Gasteiger partial charge < -0.3 is 26.0 Å². The summed E-state index contributed by atoms with van der Waals surface area (Å²) in [5.41, 5.74) is 6.91. The topological polar surface area (TPSA) is 107 Å². The van der Waals surface area contributed by atoms with Gasteiger partial charge in [0.2, 0.25) is 0 Å². The molecule has 6 nitrogen and oxygen atoms in total. The second-order valence-corrected chi connectivity index (χ2v) is 7.40. The summed E-state index contributed by atoms with van der Waals surface area (Å²) in [6.07, 6.45) is 0.135. The molecule has 1 aliphatic heterocycles. The molecule has 8 heteroatoms. The van der Waals surface area contributed by atoms with Gasteiger partial charge >= 0.3 is 0 Å². The lowest BCUT2D eigenvalue weighted by Crippen LogP contribution is -2.47. The second-order valence-electron chi connectivity index (χ2n) is 6.59. The van der Waals surface area contributed by atoms with Crippen LogP contribution in [-0.4, -0.2) is 51.4 Å². The summed E-state index contributed by atoms with van der Waals surface area (Å²) in [6, 6.07) is 2.58. The van der Waals surface area contributed by atoms with Crippen molar-refractivity contribution >= 4 is 29.1 Å². The first kappa shape index (κ1) is 17.8. The van der Waals surface area contributed by atoms with Crippen LogP contribution in [0.2, 0.25) is 10.0 Å². The van der Waals surface area contributed by atoms with Gasteiger partial charge in [0.1, 0.15) is 5.75 Å². The van der Waals surface area contributed by atoms with Crippen molar-refractivity contribution in [1.29, 1.82) is 0 Å². The number of hydrogen-bond donors (Lipinski definition) is 4. The molecule has 0 radical (unpaired) electrons. The second kappa shape index (κ2) is 6.69. The van der Waals surface area contributed by atoms with Crippen LogP contribution in [0.3, 0.4) is 0 Å². The van der Waals surface area contributed by atoms with Crippen LogP contribution in [0.15, 0.2) is 12.1 Å². The molecule has 1 aromatic carbocycles. The number of aliphatic hydroxyl groups excluding tert-OH is 2. The number of aromatic hydroxyl groups is 1. The fourth-order valence-corrected chi connectivity index (χ4v) is 4.35. The van der Waals surface area contributed by atoms with Gasteiger partial charge in [0.25, 0.3) is 5.91 Å². The van der Waals surface area contributed by atoms with Crippen molar-refractivity contribution in [2.75, 3.05) is 13.2 Å². The SMILES string of the molecule is NC(c1cc(Cl)c(Cl)cc1O)C1CC2CC1CN2C(=O)C(O)CO. The van der Waals surface area contributed by atoms with E-state index in [-0.39, 0.29) is 28.6 Å². The molecule has 0 spiro atoms. The Balaban J connectivity index is 1.74. The predicted octanol–water partition coefficient (Wildman–Crippen LogP) is 1.29. The number of fused-ring (bicyclic) bond motifs is 2. The number of rotatable bonds is 4. The van der Waals surface area contributed by atoms with Crippen molar-refractivity contribution in [3.8, 4) is 5.75 Å². The summed E-state index contributed by atoms with van der Waals surface area (Å²) >= 11 is 11.9. The van der Waals surface area contributed by atoms with Gasteiger partial charge in [0.15, 0.2) is 6.10 Å².